The minimum absolute atomic E-state index is 0.0354. The van der Waals surface area contributed by atoms with Crippen LogP contribution in [0.25, 0.3) is 10.9 Å². The lowest BCUT2D eigenvalue weighted by Gasteiger charge is -2.23. The smallest absolute Gasteiger partial charge is 0.227 e. The number of hydrogen-bond acceptors (Lipinski definition) is 6. The Morgan fingerprint density at radius 3 is 2.43 bits per heavy atom. The number of rotatable bonds is 8. The number of hydrogen-bond donors (Lipinski definition) is 0. The number of methoxy groups -OCH3 is 3. The second-order valence-corrected chi connectivity index (χ2v) is 8.76. The van der Waals surface area contributed by atoms with Crippen LogP contribution in [0.5, 0.6) is 23.0 Å². The SMILES string of the molecule is COc1ccc2c(Oc3ccc(N4CC(C(OC)c5ccccc5)CC4=O)cc3F)ccnc2c1OC. The van der Waals surface area contributed by atoms with E-state index in [4.69, 9.17) is 18.9 Å². The molecule has 1 aliphatic heterocycles. The number of nitrogens with zero attached hydrogens (tertiary/aromatic N) is 2. The molecule has 5 rings (SSSR count). The van der Waals surface area contributed by atoms with E-state index in [9.17, 15) is 4.79 Å². The molecule has 2 heterocycles. The molecule has 8 heteroatoms. The maximum atomic E-state index is 15.2. The number of pyridine rings is 1. The van der Waals surface area contributed by atoms with Gasteiger partial charge in [0.2, 0.25) is 5.91 Å². The highest BCUT2D eigenvalue weighted by Crippen LogP contribution is 2.40. The number of benzene rings is 3. The molecule has 2 unspecified atom stereocenters. The van der Waals surface area contributed by atoms with Crippen molar-refractivity contribution in [3.05, 3.63) is 84.3 Å². The van der Waals surface area contributed by atoms with Crippen molar-refractivity contribution in [1.82, 2.24) is 4.98 Å². The Morgan fingerprint density at radius 2 is 1.73 bits per heavy atom. The molecule has 0 bridgehead atoms. The van der Waals surface area contributed by atoms with E-state index in [-0.39, 0.29) is 23.7 Å². The van der Waals surface area contributed by atoms with Gasteiger partial charge in [-0.1, -0.05) is 30.3 Å². The monoisotopic (exact) mass is 502 g/mol. The molecule has 7 nitrogen and oxygen atoms in total. The molecule has 1 aromatic heterocycles. The van der Waals surface area contributed by atoms with Crippen molar-refractivity contribution in [3.8, 4) is 23.0 Å². The van der Waals surface area contributed by atoms with Crippen molar-refractivity contribution in [2.45, 2.75) is 12.5 Å². The Balaban J connectivity index is 1.38. The predicted molar refractivity (Wildman–Crippen MR) is 138 cm³/mol. The van der Waals surface area contributed by atoms with Crippen LogP contribution in [0.2, 0.25) is 0 Å². The minimum Gasteiger partial charge on any atom is -0.493 e. The highest BCUT2D eigenvalue weighted by Gasteiger charge is 2.36. The maximum absolute atomic E-state index is 15.2. The molecule has 0 spiro atoms. The highest BCUT2D eigenvalue weighted by atomic mass is 19.1. The lowest BCUT2D eigenvalue weighted by atomic mass is 9.95. The number of amides is 1. The van der Waals surface area contributed by atoms with Crippen molar-refractivity contribution in [2.75, 3.05) is 32.8 Å². The van der Waals surface area contributed by atoms with Crippen molar-refractivity contribution >= 4 is 22.5 Å². The van der Waals surface area contributed by atoms with Gasteiger partial charge in [0.15, 0.2) is 23.1 Å². The summed E-state index contributed by atoms with van der Waals surface area (Å²) < 4.78 is 37.7. The molecule has 1 fully saturated rings. The first kappa shape index (κ1) is 24.5. The fourth-order valence-corrected chi connectivity index (χ4v) is 4.89. The average Bonchev–Trinajstić information content (AvgIpc) is 3.31. The van der Waals surface area contributed by atoms with Crippen molar-refractivity contribution < 1.29 is 28.1 Å². The van der Waals surface area contributed by atoms with Crippen LogP contribution in [-0.2, 0) is 9.53 Å². The Bertz CT molecular complexity index is 1430. The molecule has 1 aliphatic rings. The number of carbonyl (C=O) groups is 1. The van der Waals surface area contributed by atoms with E-state index in [1.54, 1.807) is 49.6 Å². The van der Waals surface area contributed by atoms with Gasteiger partial charge in [-0.25, -0.2) is 4.39 Å². The highest BCUT2D eigenvalue weighted by molar-refractivity contribution is 5.96. The predicted octanol–water partition coefficient (Wildman–Crippen LogP) is 5.92. The Morgan fingerprint density at radius 1 is 0.946 bits per heavy atom. The van der Waals surface area contributed by atoms with Gasteiger partial charge in [0.1, 0.15) is 11.3 Å². The summed E-state index contributed by atoms with van der Waals surface area (Å²) in [7, 11) is 4.72. The van der Waals surface area contributed by atoms with E-state index in [1.807, 2.05) is 30.3 Å². The van der Waals surface area contributed by atoms with Crippen molar-refractivity contribution in [2.24, 2.45) is 5.92 Å². The van der Waals surface area contributed by atoms with Crippen LogP contribution in [-0.4, -0.2) is 38.8 Å². The van der Waals surface area contributed by atoms with Crippen LogP contribution in [0.4, 0.5) is 10.1 Å². The van der Waals surface area contributed by atoms with Gasteiger partial charge in [-0.2, -0.15) is 0 Å². The second kappa shape index (κ2) is 10.4. The summed E-state index contributed by atoms with van der Waals surface area (Å²) in [5.74, 6) is 0.755. The van der Waals surface area contributed by atoms with E-state index >= 15 is 4.39 Å². The van der Waals surface area contributed by atoms with Gasteiger partial charge in [0.05, 0.1) is 20.3 Å². The zero-order valence-electron chi connectivity index (χ0n) is 20.8. The lowest BCUT2D eigenvalue weighted by molar-refractivity contribution is -0.117. The van der Waals surface area contributed by atoms with E-state index < -0.39 is 5.82 Å². The summed E-state index contributed by atoms with van der Waals surface area (Å²) in [6.45, 7) is 0.433. The number of ether oxygens (including phenoxy) is 4. The zero-order valence-corrected chi connectivity index (χ0v) is 20.8. The van der Waals surface area contributed by atoms with Gasteiger partial charge < -0.3 is 23.8 Å². The minimum atomic E-state index is -0.578. The summed E-state index contributed by atoms with van der Waals surface area (Å²) in [5, 5.41) is 0.646. The molecular weight excluding hydrogens is 475 g/mol. The normalized spacial score (nSPS) is 16.2. The third kappa shape index (κ3) is 4.68. The zero-order chi connectivity index (χ0) is 25.9. The number of carbonyl (C=O) groups excluding carboxylic acids is 1. The first-order valence-corrected chi connectivity index (χ1v) is 11.9. The van der Waals surface area contributed by atoms with Crippen LogP contribution < -0.4 is 19.1 Å². The number of fused-ring (bicyclic) bond motifs is 1. The van der Waals surface area contributed by atoms with Gasteiger partial charge in [-0.3, -0.25) is 9.78 Å². The first-order valence-electron chi connectivity index (χ1n) is 11.9. The van der Waals surface area contributed by atoms with E-state index in [0.29, 0.717) is 46.8 Å². The Hall–Kier alpha value is -4.17. The van der Waals surface area contributed by atoms with Gasteiger partial charge in [-0.15, -0.1) is 0 Å². The molecule has 0 aliphatic carbocycles. The van der Waals surface area contributed by atoms with Gasteiger partial charge in [-0.05, 0) is 35.9 Å². The summed E-state index contributed by atoms with van der Waals surface area (Å²) in [5.41, 5.74) is 2.03. The van der Waals surface area contributed by atoms with Crippen molar-refractivity contribution in [3.63, 3.8) is 0 Å². The van der Waals surface area contributed by atoms with Crippen LogP contribution in [0.15, 0.2) is 72.9 Å². The molecule has 0 saturated carbocycles. The fourth-order valence-electron chi connectivity index (χ4n) is 4.89. The first-order chi connectivity index (χ1) is 18.0. The quantitative estimate of drug-likeness (QED) is 0.298. The van der Waals surface area contributed by atoms with Gasteiger partial charge >= 0.3 is 0 Å². The molecule has 190 valence electrons. The van der Waals surface area contributed by atoms with E-state index in [0.717, 1.165) is 5.56 Å². The summed E-state index contributed by atoms with van der Waals surface area (Å²) in [6.07, 6.45) is 1.66. The summed E-state index contributed by atoms with van der Waals surface area (Å²) in [6, 6.07) is 19.5. The molecule has 1 saturated heterocycles. The molecule has 2 atom stereocenters. The van der Waals surface area contributed by atoms with Gasteiger partial charge in [0.25, 0.3) is 0 Å². The van der Waals surface area contributed by atoms with Crippen LogP contribution in [0.3, 0.4) is 0 Å². The summed E-state index contributed by atoms with van der Waals surface area (Å²) >= 11 is 0. The topological polar surface area (TPSA) is 70.1 Å². The third-order valence-corrected chi connectivity index (χ3v) is 6.63. The van der Waals surface area contributed by atoms with Crippen molar-refractivity contribution in [1.29, 1.82) is 0 Å². The number of anilines is 1. The Labute approximate surface area is 214 Å². The summed E-state index contributed by atoms with van der Waals surface area (Å²) in [4.78, 5) is 18.9. The number of halogens is 1. The average molecular weight is 503 g/mol. The molecule has 37 heavy (non-hydrogen) atoms. The van der Waals surface area contributed by atoms with Crippen LogP contribution in [0, 0.1) is 11.7 Å². The van der Waals surface area contributed by atoms with E-state index in [1.165, 1.54) is 19.2 Å². The molecule has 4 aromatic rings. The standard InChI is InChI=1S/C29H27FN2O5/c1-34-25-12-10-21-23(13-14-31-27(21)29(25)36-3)37-24-11-9-20(16-22(24)30)32-17-19(15-26(32)33)28(35-2)18-7-5-4-6-8-18/h4-14,16,19,28H,15,17H2,1-3H3. The fraction of sp³-hybridized carbons (Fsp3) is 0.241. The molecule has 1 amide bonds. The molecule has 3 aromatic carbocycles. The van der Waals surface area contributed by atoms with Crippen LogP contribution >= 0.6 is 0 Å². The Kier molecular flexibility index (Phi) is 6.92. The molecular formula is C29H27FN2O5. The van der Waals surface area contributed by atoms with Gasteiger partial charge in [0, 0.05) is 49.3 Å². The van der Waals surface area contributed by atoms with Crippen LogP contribution in [0.1, 0.15) is 18.1 Å². The maximum Gasteiger partial charge on any atom is 0.227 e. The largest absolute Gasteiger partial charge is 0.493 e. The number of aromatic nitrogens is 1. The second-order valence-electron chi connectivity index (χ2n) is 8.76. The lowest BCUT2D eigenvalue weighted by Crippen LogP contribution is -2.25. The van der Waals surface area contributed by atoms with E-state index in [2.05, 4.69) is 4.98 Å². The third-order valence-electron chi connectivity index (χ3n) is 6.63. The molecule has 0 N–H and O–H groups in total. The molecule has 0 radical (unpaired) electrons.